The van der Waals surface area contributed by atoms with Gasteiger partial charge in [0.25, 0.3) is 0 Å². The van der Waals surface area contributed by atoms with Gasteiger partial charge in [-0.1, -0.05) is 73.6 Å². The van der Waals surface area contributed by atoms with Gasteiger partial charge < -0.3 is 9.80 Å². The summed E-state index contributed by atoms with van der Waals surface area (Å²) in [6.45, 7) is 16.5. The molecule has 1 aliphatic rings. The molecule has 0 N–H and O–H groups in total. The van der Waals surface area contributed by atoms with E-state index < -0.39 is 0 Å². The van der Waals surface area contributed by atoms with Gasteiger partial charge in [-0.05, 0) is 25.9 Å². The number of nitrogens with zero attached hydrogens (tertiary/aromatic N) is 2. The maximum atomic E-state index is 2.67. The lowest BCUT2D eigenvalue weighted by molar-refractivity contribution is 0.129. The van der Waals surface area contributed by atoms with E-state index in [1.165, 1.54) is 90.6 Å². The molecule has 0 atom stereocenters. The Morgan fingerprint density at radius 3 is 1.33 bits per heavy atom. The van der Waals surface area contributed by atoms with E-state index >= 15 is 0 Å². The van der Waals surface area contributed by atoms with Crippen LogP contribution in [0.5, 0.6) is 0 Å². The Labute approximate surface area is 136 Å². The Morgan fingerprint density at radius 2 is 0.905 bits per heavy atom. The van der Waals surface area contributed by atoms with Crippen LogP contribution in [0, 0.1) is 0 Å². The number of hydrogen-bond acceptors (Lipinski definition) is 2. The molecule has 0 aliphatic carbocycles. The van der Waals surface area contributed by atoms with Crippen molar-refractivity contribution in [3.05, 3.63) is 0 Å². The van der Waals surface area contributed by atoms with Crippen LogP contribution in [0.3, 0.4) is 0 Å². The third-order valence-corrected chi connectivity index (χ3v) is 4.12. The Hall–Kier alpha value is -0.0800. The lowest BCUT2D eigenvalue weighted by Gasteiger charge is -2.34. The quantitative estimate of drug-likeness (QED) is 0.497. The minimum Gasteiger partial charge on any atom is -0.301 e. The van der Waals surface area contributed by atoms with Gasteiger partial charge in [-0.25, -0.2) is 0 Å². The van der Waals surface area contributed by atoms with Gasteiger partial charge in [0.2, 0.25) is 0 Å². The number of rotatable bonds is 10. The Balaban J connectivity index is 0. The molecule has 130 valence electrons. The van der Waals surface area contributed by atoms with Gasteiger partial charge in [0.05, 0.1) is 0 Å². The number of unbranched alkanes of at least 4 members (excludes halogenated alkanes) is 6. The predicted octanol–water partition coefficient (Wildman–Crippen LogP) is 5.43. The summed E-state index contributed by atoms with van der Waals surface area (Å²) in [5.74, 6) is 0. The molecule has 0 spiro atoms. The minimum atomic E-state index is 0. The highest BCUT2D eigenvalue weighted by Crippen LogP contribution is 2.08. The molecule has 0 bridgehead atoms. The van der Waals surface area contributed by atoms with E-state index in [1.807, 2.05) is 13.8 Å². The fourth-order valence-corrected chi connectivity index (χ4v) is 2.76. The molecule has 1 heterocycles. The van der Waals surface area contributed by atoms with E-state index in [4.69, 9.17) is 0 Å². The average Bonchev–Trinajstić information content (AvgIpc) is 2.51. The van der Waals surface area contributed by atoms with Crippen LogP contribution in [0.4, 0.5) is 0 Å². The van der Waals surface area contributed by atoms with E-state index in [0.717, 1.165) is 0 Å². The third-order valence-electron chi connectivity index (χ3n) is 4.12. The van der Waals surface area contributed by atoms with Crippen molar-refractivity contribution in [1.82, 2.24) is 9.80 Å². The smallest absolute Gasteiger partial charge is 0.0110 e. The van der Waals surface area contributed by atoms with E-state index in [0.29, 0.717) is 0 Å². The molecule has 1 saturated heterocycles. The standard InChI is InChI=1S/C16H34N2.C2H6.CH4/c1-3-5-7-8-10-12-18-15-13-17(14-16-18)11-9-6-4-2;1-2;/h3-16H2,1-2H3;1-2H3;1H4. The molecule has 0 unspecified atom stereocenters. The van der Waals surface area contributed by atoms with Gasteiger partial charge in [-0.3, -0.25) is 0 Å². The first-order chi connectivity index (χ1) is 9.86. The van der Waals surface area contributed by atoms with Crippen molar-refractivity contribution in [2.24, 2.45) is 0 Å². The maximum absolute atomic E-state index is 2.67. The van der Waals surface area contributed by atoms with E-state index in [9.17, 15) is 0 Å². The van der Waals surface area contributed by atoms with Crippen LogP contribution in [0.25, 0.3) is 0 Å². The minimum absolute atomic E-state index is 0. The van der Waals surface area contributed by atoms with Crippen LogP contribution < -0.4 is 0 Å². The molecule has 0 radical (unpaired) electrons. The van der Waals surface area contributed by atoms with Crippen molar-refractivity contribution in [2.75, 3.05) is 39.3 Å². The van der Waals surface area contributed by atoms with Gasteiger partial charge >= 0.3 is 0 Å². The fourth-order valence-electron chi connectivity index (χ4n) is 2.76. The molecule has 21 heavy (non-hydrogen) atoms. The first kappa shape index (κ1) is 23.2. The second-order valence-corrected chi connectivity index (χ2v) is 5.80. The van der Waals surface area contributed by atoms with Crippen molar-refractivity contribution in [1.29, 1.82) is 0 Å². The van der Waals surface area contributed by atoms with E-state index in [2.05, 4.69) is 23.6 Å². The zero-order chi connectivity index (χ0) is 15.1. The third kappa shape index (κ3) is 13.3. The summed E-state index contributed by atoms with van der Waals surface area (Å²) >= 11 is 0. The molecular weight excluding hydrogens is 256 g/mol. The van der Waals surface area contributed by atoms with Crippen molar-refractivity contribution < 1.29 is 0 Å². The molecular formula is C19H44N2. The molecule has 2 heteroatoms. The summed E-state index contributed by atoms with van der Waals surface area (Å²) in [7, 11) is 0. The van der Waals surface area contributed by atoms with E-state index in [1.54, 1.807) is 0 Å². The average molecular weight is 301 g/mol. The summed E-state index contributed by atoms with van der Waals surface area (Å²) in [6, 6.07) is 0. The van der Waals surface area contributed by atoms with Gasteiger partial charge in [-0.15, -0.1) is 0 Å². The second-order valence-electron chi connectivity index (χ2n) is 5.80. The zero-order valence-corrected chi connectivity index (χ0v) is 14.8. The summed E-state index contributed by atoms with van der Waals surface area (Å²) < 4.78 is 0. The topological polar surface area (TPSA) is 6.48 Å². The van der Waals surface area contributed by atoms with Gasteiger partial charge in [0.15, 0.2) is 0 Å². The highest BCUT2D eigenvalue weighted by atomic mass is 15.3. The zero-order valence-electron chi connectivity index (χ0n) is 14.8. The van der Waals surface area contributed by atoms with Crippen molar-refractivity contribution in [2.45, 2.75) is 86.5 Å². The lowest BCUT2D eigenvalue weighted by atomic mass is 10.1. The maximum Gasteiger partial charge on any atom is 0.0110 e. The first-order valence-electron chi connectivity index (χ1n) is 9.31. The monoisotopic (exact) mass is 300 g/mol. The number of piperazine rings is 1. The van der Waals surface area contributed by atoms with Gasteiger partial charge in [-0.2, -0.15) is 0 Å². The molecule has 0 aromatic carbocycles. The van der Waals surface area contributed by atoms with Crippen LogP contribution in [-0.4, -0.2) is 49.1 Å². The second kappa shape index (κ2) is 18.0. The molecule has 1 fully saturated rings. The van der Waals surface area contributed by atoms with Crippen LogP contribution in [0.2, 0.25) is 0 Å². The van der Waals surface area contributed by atoms with Crippen LogP contribution in [-0.2, 0) is 0 Å². The summed E-state index contributed by atoms with van der Waals surface area (Å²) in [5.41, 5.74) is 0. The lowest BCUT2D eigenvalue weighted by Crippen LogP contribution is -2.46. The molecule has 0 aromatic heterocycles. The van der Waals surface area contributed by atoms with Gasteiger partial charge in [0, 0.05) is 26.2 Å². The Bertz CT molecular complexity index is 174. The molecule has 2 nitrogen and oxygen atoms in total. The highest BCUT2D eigenvalue weighted by molar-refractivity contribution is 4.71. The molecule has 1 aliphatic heterocycles. The molecule has 0 saturated carbocycles. The normalized spacial score (nSPS) is 16.0. The fraction of sp³-hybridized carbons (Fsp3) is 1.00. The summed E-state index contributed by atoms with van der Waals surface area (Å²) in [4.78, 5) is 5.32. The predicted molar refractivity (Wildman–Crippen MR) is 99.2 cm³/mol. The van der Waals surface area contributed by atoms with Crippen molar-refractivity contribution in [3.63, 3.8) is 0 Å². The molecule has 0 aromatic rings. The van der Waals surface area contributed by atoms with Crippen molar-refractivity contribution >= 4 is 0 Å². The van der Waals surface area contributed by atoms with Crippen LogP contribution in [0.1, 0.15) is 86.5 Å². The summed E-state index contributed by atoms with van der Waals surface area (Å²) in [5, 5.41) is 0. The van der Waals surface area contributed by atoms with E-state index in [-0.39, 0.29) is 7.43 Å². The molecule has 0 amide bonds. The first-order valence-corrected chi connectivity index (χ1v) is 9.31. The Morgan fingerprint density at radius 1 is 0.571 bits per heavy atom. The van der Waals surface area contributed by atoms with Crippen LogP contribution in [0.15, 0.2) is 0 Å². The number of hydrogen-bond donors (Lipinski definition) is 0. The van der Waals surface area contributed by atoms with Crippen LogP contribution >= 0.6 is 0 Å². The largest absolute Gasteiger partial charge is 0.301 e. The SMILES string of the molecule is C.CC.CCCCCCCN1CCN(CCCCC)CC1. The highest BCUT2D eigenvalue weighted by Gasteiger charge is 2.15. The Kier molecular flexibility index (Phi) is 19.8. The molecule has 1 rings (SSSR count). The van der Waals surface area contributed by atoms with Crippen molar-refractivity contribution in [3.8, 4) is 0 Å². The summed E-state index contributed by atoms with van der Waals surface area (Å²) in [6.07, 6.45) is 11.2. The van der Waals surface area contributed by atoms with Gasteiger partial charge in [0.1, 0.15) is 0 Å².